The SMILES string of the molecule is CCC(C(=O)NCC(C)C)N(Cc1c(Cl)cccc1Cl)C(=O)CN(c1ccc(C)cc1)S(=O)(=O)c1ccc(OC)cc1. The molecule has 226 valence electrons. The normalized spacial score (nSPS) is 12.1. The second-order valence-corrected chi connectivity index (χ2v) is 13.0. The van der Waals surface area contributed by atoms with Gasteiger partial charge in [-0.15, -0.1) is 0 Å². The second-order valence-electron chi connectivity index (χ2n) is 10.3. The smallest absolute Gasteiger partial charge is 0.264 e. The van der Waals surface area contributed by atoms with Gasteiger partial charge >= 0.3 is 0 Å². The molecule has 2 amide bonds. The molecule has 3 aromatic rings. The molecule has 1 unspecified atom stereocenters. The van der Waals surface area contributed by atoms with E-state index in [2.05, 4.69) is 5.32 Å². The van der Waals surface area contributed by atoms with Crippen molar-refractivity contribution in [3.8, 4) is 5.75 Å². The van der Waals surface area contributed by atoms with Crippen LogP contribution < -0.4 is 14.4 Å². The number of aryl methyl sites for hydroxylation is 1. The van der Waals surface area contributed by atoms with Crippen molar-refractivity contribution in [2.45, 2.75) is 51.6 Å². The molecule has 0 aliphatic carbocycles. The lowest BCUT2D eigenvalue weighted by atomic mass is 10.1. The molecule has 0 saturated heterocycles. The molecule has 0 bridgehead atoms. The zero-order valence-corrected chi connectivity index (χ0v) is 26.8. The third-order valence-corrected chi connectivity index (χ3v) is 9.21. The highest BCUT2D eigenvalue weighted by molar-refractivity contribution is 7.92. The standard InChI is InChI=1S/C31H37Cl2N3O5S/c1-6-29(31(38)34-18-21(2)3)35(19-26-27(32)8-7-9-28(26)33)30(37)20-36(23-12-10-22(4)11-13-23)42(39,40)25-16-14-24(41-5)15-17-25/h7-17,21,29H,6,18-20H2,1-5H3,(H,34,38). The van der Waals surface area contributed by atoms with E-state index in [1.807, 2.05) is 20.8 Å². The highest BCUT2D eigenvalue weighted by Crippen LogP contribution is 2.29. The molecule has 1 N–H and O–H groups in total. The Morgan fingerprint density at radius 3 is 2.07 bits per heavy atom. The zero-order valence-electron chi connectivity index (χ0n) is 24.4. The number of methoxy groups -OCH3 is 1. The first-order valence-electron chi connectivity index (χ1n) is 13.6. The summed E-state index contributed by atoms with van der Waals surface area (Å²) in [6, 6.07) is 16.9. The van der Waals surface area contributed by atoms with Gasteiger partial charge in [0.15, 0.2) is 0 Å². The lowest BCUT2D eigenvalue weighted by Gasteiger charge is -2.33. The Bertz CT molecular complexity index is 1460. The fourth-order valence-corrected chi connectivity index (χ4v) is 6.24. The first-order valence-corrected chi connectivity index (χ1v) is 15.8. The third-order valence-electron chi connectivity index (χ3n) is 6.71. The Kier molecular flexibility index (Phi) is 11.7. The molecule has 0 spiro atoms. The quantitative estimate of drug-likeness (QED) is 0.246. The van der Waals surface area contributed by atoms with E-state index in [-0.39, 0.29) is 29.7 Å². The molecule has 0 saturated carbocycles. The monoisotopic (exact) mass is 633 g/mol. The molecule has 0 fully saturated rings. The number of hydrogen-bond donors (Lipinski definition) is 1. The number of anilines is 1. The van der Waals surface area contributed by atoms with Crippen molar-refractivity contribution < 1.29 is 22.7 Å². The van der Waals surface area contributed by atoms with Crippen LogP contribution in [-0.2, 0) is 26.2 Å². The summed E-state index contributed by atoms with van der Waals surface area (Å²) in [5.74, 6) is -0.244. The van der Waals surface area contributed by atoms with Gasteiger partial charge in [0.25, 0.3) is 10.0 Å². The van der Waals surface area contributed by atoms with Crippen molar-refractivity contribution in [1.82, 2.24) is 10.2 Å². The summed E-state index contributed by atoms with van der Waals surface area (Å²) in [6.45, 7) is 7.39. The van der Waals surface area contributed by atoms with Gasteiger partial charge < -0.3 is 15.0 Å². The van der Waals surface area contributed by atoms with Crippen LogP contribution in [0.1, 0.15) is 38.3 Å². The van der Waals surface area contributed by atoms with Crippen LogP contribution >= 0.6 is 23.2 Å². The van der Waals surface area contributed by atoms with Gasteiger partial charge in [0.2, 0.25) is 11.8 Å². The lowest BCUT2D eigenvalue weighted by molar-refractivity contribution is -0.140. The van der Waals surface area contributed by atoms with E-state index in [4.69, 9.17) is 27.9 Å². The highest BCUT2D eigenvalue weighted by atomic mass is 35.5. The molecule has 3 rings (SSSR count). The van der Waals surface area contributed by atoms with Crippen molar-refractivity contribution in [2.24, 2.45) is 5.92 Å². The van der Waals surface area contributed by atoms with Gasteiger partial charge in [0, 0.05) is 28.7 Å². The summed E-state index contributed by atoms with van der Waals surface area (Å²) in [5.41, 5.74) is 1.69. The van der Waals surface area contributed by atoms with Gasteiger partial charge in [-0.25, -0.2) is 8.42 Å². The first-order chi connectivity index (χ1) is 19.9. The minimum Gasteiger partial charge on any atom is -0.497 e. The summed E-state index contributed by atoms with van der Waals surface area (Å²) in [6.07, 6.45) is 0.285. The number of nitrogens with one attached hydrogen (secondary N) is 1. The fraction of sp³-hybridized carbons (Fsp3) is 0.355. The number of rotatable bonds is 13. The average Bonchev–Trinajstić information content (AvgIpc) is 2.96. The maximum Gasteiger partial charge on any atom is 0.264 e. The molecule has 8 nitrogen and oxygen atoms in total. The topological polar surface area (TPSA) is 96.0 Å². The molecule has 3 aromatic carbocycles. The van der Waals surface area contributed by atoms with Gasteiger partial charge in [-0.2, -0.15) is 0 Å². The van der Waals surface area contributed by atoms with Crippen LogP contribution in [0.5, 0.6) is 5.75 Å². The Hall–Kier alpha value is -3.27. The minimum absolute atomic E-state index is 0.0147. The van der Waals surface area contributed by atoms with E-state index in [1.165, 1.54) is 24.1 Å². The molecule has 11 heteroatoms. The van der Waals surface area contributed by atoms with Crippen LogP contribution in [0.3, 0.4) is 0 Å². The maximum absolute atomic E-state index is 14.2. The van der Waals surface area contributed by atoms with Crippen molar-refractivity contribution in [2.75, 3.05) is 24.5 Å². The number of halogens is 2. The van der Waals surface area contributed by atoms with Gasteiger partial charge in [0.1, 0.15) is 18.3 Å². The Labute approximate surface area is 258 Å². The van der Waals surface area contributed by atoms with Crippen molar-refractivity contribution in [3.63, 3.8) is 0 Å². The van der Waals surface area contributed by atoms with E-state index in [0.717, 1.165) is 9.87 Å². The predicted molar refractivity (Wildman–Crippen MR) is 168 cm³/mol. The minimum atomic E-state index is -4.21. The van der Waals surface area contributed by atoms with Crippen LogP contribution in [-0.4, -0.2) is 51.4 Å². The molecular weight excluding hydrogens is 597 g/mol. The molecule has 1 atom stereocenters. The molecule has 0 aromatic heterocycles. The summed E-state index contributed by atoms with van der Waals surface area (Å²) in [7, 11) is -2.72. The van der Waals surface area contributed by atoms with E-state index >= 15 is 0 Å². The molecule has 0 heterocycles. The Morgan fingerprint density at radius 2 is 1.55 bits per heavy atom. The molecule has 0 radical (unpaired) electrons. The number of nitrogens with zero attached hydrogens (tertiary/aromatic N) is 2. The average molecular weight is 635 g/mol. The van der Waals surface area contributed by atoms with Crippen LogP contribution in [0, 0.1) is 12.8 Å². The summed E-state index contributed by atoms with van der Waals surface area (Å²) in [5, 5.41) is 3.56. The van der Waals surface area contributed by atoms with E-state index < -0.39 is 28.5 Å². The molecular formula is C31H37Cl2N3O5S. The van der Waals surface area contributed by atoms with Crippen LogP contribution in [0.25, 0.3) is 0 Å². The highest BCUT2D eigenvalue weighted by Gasteiger charge is 2.34. The fourth-order valence-electron chi connectivity index (χ4n) is 4.31. The van der Waals surface area contributed by atoms with E-state index in [1.54, 1.807) is 61.5 Å². The zero-order chi connectivity index (χ0) is 31.0. The number of benzene rings is 3. The number of carbonyl (C=O) groups excluding carboxylic acids is 2. The summed E-state index contributed by atoms with van der Waals surface area (Å²) in [4.78, 5) is 28.9. The van der Waals surface area contributed by atoms with E-state index in [0.29, 0.717) is 33.6 Å². The van der Waals surface area contributed by atoms with Gasteiger partial charge in [-0.3, -0.25) is 13.9 Å². The van der Waals surface area contributed by atoms with Gasteiger partial charge in [0.05, 0.1) is 17.7 Å². The largest absolute Gasteiger partial charge is 0.497 e. The summed E-state index contributed by atoms with van der Waals surface area (Å²) >= 11 is 12.9. The van der Waals surface area contributed by atoms with Crippen molar-refractivity contribution >= 4 is 50.7 Å². The van der Waals surface area contributed by atoms with Crippen LogP contribution in [0.4, 0.5) is 5.69 Å². The van der Waals surface area contributed by atoms with Crippen molar-refractivity contribution in [1.29, 1.82) is 0 Å². The van der Waals surface area contributed by atoms with Gasteiger partial charge in [-0.05, 0) is 67.8 Å². The molecule has 42 heavy (non-hydrogen) atoms. The van der Waals surface area contributed by atoms with Gasteiger partial charge in [-0.1, -0.05) is 67.7 Å². The maximum atomic E-state index is 14.2. The molecule has 0 aliphatic heterocycles. The van der Waals surface area contributed by atoms with Crippen LogP contribution in [0.2, 0.25) is 10.0 Å². The Balaban J connectivity index is 2.08. The summed E-state index contributed by atoms with van der Waals surface area (Å²) < 4.78 is 34.2. The number of amides is 2. The van der Waals surface area contributed by atoms with Crippen LogP contribution in [0.15, 0.2) is 71.6 Å². The van der Waals surface area contributed by atoms with Crippen molar-refractivity contribution in [3.05, 3.63) is 87.9 Å². The predicted octanol–water partition coefficient (Wildman–Crippen LogP) is 6.09. The number of hydrogen-bond acceptors (Lipinski definition) is 5. The first kappa shape index (κ1) is 33.2. The lowest BCUT2D eigenvalue weighted by Crippen LogP contribution is -2.52. The number of sulfonamides is 1. The van der Waals surface area contributed by atoms with E-state index in [9.17, 15) is 18.0 Å². The molecule has 0 aliphatic rings. The number of ether oxygens (including phenoxy) is 1. The number of carbonyl (C=O) groups is 2. The Morgan fingerprint density at radius 1 is 0.952 bits per heavy atom. The second kappa shape index (κ2) is 14.8. The third kappa shape index (κ3) is 8.18.